The molecule has 1 aromatic carbocycles. The number of benzene rings is 1. The molecular weight excluding hydrogens is 701 g/mol. The molecule has 1 saturated heterocycles. The summed E-state index contributed by atoms with van der Waals surface area (Å²) < 4.78 is 0. The molecule has 6 N–H and O–H groups in total. The molecule has 0 aliphatic carbocycles. The second-order valence-electron chi connectivity index (χ2n) is 14.2. The van der Waals surface area contributed by atoms with E-state index in [1.54, 1.807) is 39.8 Å². The van der Waals surface area contributed by atoms with Crippen molar-refractivity contribution in [2.75, 3.05) is 20.6 Å². The number of likely N-dealkylation sites (tertiary alicyclic amines) is 1. The number of alkyl halides is 2. The van der Waals surface area contributed by atoms with Crippen LogP contribution in [0.4, 0.5) is 0 Å². The maximum absolute atomic E-state index is 14.3. The number of carboxylic acids is 1. The van der Waals surface area contributed by atoms with E-state index in [-0.39, 0.29) is 18.7 Å². The fourth-order valence-corrected chi connectivity index (χ4v) is 6.79. The van der Waals surface area contributed by atoms with E-state index in [9.17, 15) is 39.3 Å². The number of aliphatic carboxylic acids is 1. The molecule has 288 valence electrons. The number of nitrogens with two attached hydrogens (primary N) is 1. The average molecular weight is 759 g/mol. The Kier molecular flexibility index (Phi) is 18.0. The normalized spacial score (nSPS) is 17.6. The molecule has 0 bridgehead atoms. The monoisotopic (exact) mass is 757 g/mol. The first kappa shape index (κ1) is 44.0. The van der Waals surface area contributed by atoms with Crippen LogP contribution in [0.3, 0.4) is 0 Å². The number of hydrogen-bond donors (Lipinski definition) is 5. The molecule has 6 atom stereocenters. The molecule has 0 unspecified atom stereocenters. The molecule has 51 heavy (non-hydrogen) atoms. The number of aromatic hydroxyl groups is 1. The van der Waals surface area contributed by atoms with E-state index in [2.05, 4.69) is 5.32 Å². The van der Waals surface area contributed by atoms with Crippen LogP contribution >= 0.6 is 23.2 Å². The minimum absolute atomic E-state index is 0.0254. The molecule has 2 rings (SSSR count). The molecule has 0 aromatic heterocycles. The van der Waals surface area contributed by atoms with Crippen molar-refractivity contribution in [1.82, 2.24) is 20.0 Å². The van der Waals surface area contributed by atoms with Crippen LogP contribution in [0.25, 0.3) is 0 Å². The van der Waals surface area contributed by atoms with Crippen molar-refractivity contribution in [3.63, 3.8) is 0 Å². The van der Waals surface area contributed by atoms with Crippen molar-refractivity contribution in [2.45, 2.75) is 127 Å². The van der Waals surface area contributed by atoms with Gasteiger partial charge in [0.2, 0.25) is 17.7 Å². The molecule has 0 saturated carbocycles. The van der Waals surface area contributed by atoms with Crippen LogP contribution in [0.2, 0.25) is 0 Å². The SMILES string of the molecule is CC(C)[C@H](NC(=O)[C@@H](O)[C@@H](N)CCCCCCC(Cl)Cl)C(=O)N(C)[C@H](C(=O)N(C)[C@@H](Cc1ccc(O)cc1)C(=O)N1CCC[C@H]1C(=O)O)C(C)C. The first-order chi connectivity index (χ1) is 23.9. The molecule has 1 heterocycles. The zero-order chi connectivity index (χ0) is 38.6. The molecule has 1 aromatic rings. The first-order valence-corrected chi connectivity index (χ1v) is 18.6. The number of aliphatic hydroxyl groups is 1. The van der Waals surface area contributed by atoms with Gasteiger partial charge < -0.3 is 41.1 Å². The largest absolute Gasteiger partial charge is 0.508 e. The number of carbonyl (C=O) groups is 5. The predicted octanol–water partition coefficient (Wildman–Crippen LogP) is 3.29. The summed E-state index contributed by atoms with van der Waals surface area (Å²) in [5.41, 5.74) is 6.78. The summed E-state index contributed by atoms with van der Waals surface area (Å²) in [4.78, 5) is 70.8. The highest BCUT2D eigenvalue weighted by atomic mass is 35.5. The van der Waals surface area contributed by atoms with Crippen molar-refractivity contribution >= 4 is 52.8 Å². The highest BCUT2D eigenvalue weighted by Gasteiger charge is 2.43. The number of phenolic OH excluding ortho intramolecular Hbond substituents is 1. The van der Waals surface area contributed by atoms with Crippen LogP contribution in [-0.2, 0) is 30.4 Å². The lowest BCUT2D eigenvalue weighted by Gasteiger charge is -2.39. The number of rotatable bonds is 20. The number of unbranched alkanes of at least 4 members (excludes halogenated alkanes) is 3. The zero-order valence-corrected chi connectivity index (χ0v) is 32.1. The highest BCUT2D eigenvalue weighted by molar-refractivity contribution is 6.44. The summed E-state index contributed by atoms with van der Waals surface area (Å²) in [5, 5.41) is 32.9. The number of hydrogen-bond acceptors (Lipinski definition) is 8. The second-order valence-corrected chi connectivity index (χ2v) is 15.5. The Labute approximate surface area is 311 Å². The summed E-state index contributed by atoms with van der Waals surface area (Å²) in [5.74, 6) is -4.39. The van der Waals surface area contributed by atoms with Gasteiger partial charge in [0, 0.05) is 33.1 Å². The summed E-state index contributed by atoms with van der Waals surface area (Å²) in [6.07, 6.45) is 3.62. The maximum atomic E-state index is 14.3. The number of likely N-dealkylation sites (N-methyl/N-ethyl adjacent to an activating group) is 2. The fraction of sp³-hybridized carbons (Fsp3) is 0.694. The van der Waals surface area contributed by atoms with E-state index in [1.165, 1.54) is 40.9 Å². The van der Waals surface area contributed by atoms with Gasteiger partial charge in [-0.1, -0.05) is 65.5 Å². The Bertz CT molecular complexity index is 1310. The minimum Gasteiger partial charge on any atom is -0.508 e. The van der Waals surface area contributed by atoms with Gasteiger partial charge in [-0.2, -0.15) is 0 Å². The van der Waals surface area contributed by atoms with Gasteiger partial charge in [-0.3, -0.25) is 19.2 Å². The molecule has 13 nitrogen and oxygen atoms in total. The van der Waals surface area contributed by atoms with Crippen molar-refractivity contribution in [2.24, 2.45) is 17.6 Å². The number of halogens is 2. The Morgan fingerprint density at radius 3 is 2.04 bits per heavy atom. The number of carbonyl (C=O) groups excluding carboxylic acids is 4. The van der Waals surface area contributed by atoms with Crippen molar-refractivity contribution < 1.29 is 39.3 Å². The predicted molar refractivity (Wildman–Crippen MR) is 196 cm³/mol. The summed E-state index contributed by atoms with van der Waals surface area (Å²) in [6, 6.07) is 1.02. The average Bonchev–Trinajstić information content (AvgIpc) is 3.57. The van der Waals surface area contributed by atoms with Gasteiger partial charge >= 0.3 is 5.97 Å². The standard InChI is InChI=1S/C36H57Cl2N5O8/c1-21(2)29(40-32(46)31(45)25(39)12-9-7-8-10-14-28(37)38)34(48)42(6)30(22(3)4)35(49)41(5)27(20-23-15-17-24(44)18-16-23)33(47)43-19-11-13-26(43)36(50)51/h15-18,21-22,25-31,44-45H,7-14,19-20,39H2,1-6H3,(H,40,46)(H,50,51)/t25-,26-,27-,29-,30-,31-/m0/s1. The van der Waals surface area contributed by atoms with Crippen molar-refractivity contribution in [1.29, 1.82) is 0 Å². The van der Waals surface area contributed by atoms with Crippen LogP contribution in [0, 0.1) is 11.8 Å². The topological polar surface area (TPSA) is 194 Å². The molecule has 1 aliphatic rings. The number of phenols is 1. The third-order valence-corrected chi connectivity index (χ3v) is 9.99. The second kappa shape index (κ2) is 20.8. The number of nitrogens with zero attached hydrogens (tertiary/aromatic N) is 3. The quantitative estimate of drug-likeness (QED) is 0.0981. The van der Waals surface area contributed by atoms with Crippen molar-refractivity contribution in [3.8, 4) is 5.75 Å². The van der Waals surface area contributed by atoms with E-state index >= 15 is 0 Å². The van der Waals surface area contributed by atoms with E-state index < -0.39 is 82.6 Å². The molecule has 4 amide bonds. The minimum atomic E-state index is -1.56. The van der Waals surface area contributed by atoms with E-state index in [0.29, 0.717) is 37.7 Å². The Balaban J connectivity index is 2.25. The van der Waals surface area contributed by atoms with E-state index in [1.807, 2.05) is 0 Å². The van der Waals surface area contributed by atoms with Gasteiger partial charge in [0.15, 0.2) is 0 Å². The number of aliphatic hydroxyl groups excluding tert-OH is 1. The Hall–Kier alpha value is -3.13. The smallest absolute Gasteiger partial charge is 0.326 e. The lowest BCUT2D eigenvalue weighted by atomic mass is 9.95. The third kappa shape index (κ3) is 12.8. The molecule has 0 radical (unpaired) electrons. The van der Waals surface area contributed by atoms with Crippen LogP contribution in [-0.4, -0.2) is 121 Å². The Morgan fingerprint density at radius 1 is 0.922 bits per heavy atom. The number of nitrogens with one attached hydrogen (secondary N) is 1. The van der Waals surface area contributed by atoms with Crippen molar-refractivity contribution in [3.05, 3.63) is 29.8 Å². The summed E-state index contributed by atoms with van der Waals surface area (Å²) in [7, 11) is 2.91. The van der Waals surface area contributed by atoms with Crippen LogP contribution in [0.15, 0.2) is 24.3 Å². The molecule has 0 spiro atoms. The first-order valence-electron chi connectivity index (χ1n) is 17.8. The van der Waals surface area contributed by atoms with Gasteiger partial charge in [0.25, 0.3) is 5.91 Å². The van der Waals surface area contributed by atoms with Crippen LogP contribution < -0.4 is 11.1 Å². The highest BCUT2D eigenvalue weighted by Crippen LogP contribution is 2.24. The lowest BCUT2D eigenvalue weighted by molar-refractivity contribution is -0.155. The van der Waals surface area contributed by atoms with E-state index in [0.717, 1.165) is 19.3 Å². The molecule has 1 fully saturated rings. The fourth-order valence-electron chi connectivity index (χ4n) is 6.48. The third-order valence-electron chi connectivity index (χ3n) is 9.55. The van der Waals surface area contributed by atoms with Gasteiger partial charge in [0.1, 0.15) is 40.9 Å². The van der Waals surface area contributed by atoms with Gasteiger partial charge in [0.05, 0.1) is 0 Å². The van der Waals surface area contributed by atoms with Gasteiger partial charge in [-0.05, 0) is 55.2 Å². The summed E-state index contributed by atoms with van der Waals surface area (Å²) in [6.45, 7) is 7.20. The number of carboxylic acid groups (broad SMARTS) is 1. The van der Waals surface area contributed by atoms with Gasteiger partial charge in [-0.25, -0.2) is 4.79 Å². The van der Waals surface area contributed by atoms with Crippen LogP contribution in [0.1, 0.15) is 84.6 Å². The number of amides is 4. The van der Waals surface area contributed by atoms with Crippen LogP contribution in [0.5, 0.6) is 5.75 Å². The summed E-state index contributed by atoms with van der Waals surface area (Å²) >= 11 is 11.5. The van der Waals surface area contributed by atoms with E-state index in [4.69, 9.17) is 28.9 Å². The Morgan fingerprint density at radius 2 is 1.51 bits per heavy atom. The molecular formula is C36H57Cl2N5O8. The molecule has 1 aliphatic heterocycles. The molecule has 15 heteroatoms. The zero-order valence-electron chi connectivity index (χ0n) is 30.6. The van der Waals surface area contributed by atoms with Gasteiger partial charge in [-0.15, -0.1) is 23.2 Å². The lowest BCUT2D eigenvalue weighted by Crippen LogP contribution is -2.61. The maximum Gasteiger partial charge on any atom is 0.326 e.